The van der Waals surface area contributed by atoms with E-state index >= 15 is 0 Å². The Morgan fingerprint density at radius 1 is 1.37 bits per heavy atom. The molecule has 142 valence electrons. The first-order chi connectivity index (χ1) is 13.2. The summed E-state index contributed by atoms with van der Waals surface area (Å²) in [5.41, 5.74) is 2.55. The number of nitrogens with zero attached hydrogens (tertiary/aromatic N) is 4. The highest BCUT2D eigenvalue weighted by molar-refractivity contribution is 5.74. The van der Waals surface area contributed by atoms with Gasteiger partial charge in [0.15, 0.2) is 11.3 Å². The van der Waals surface area contributed by atoms with Crippen LogP contribution in [0.4, 0.5) is 4.79 Å². The second-order valence-corrected chi connectivity index (χ2v) is 7.77. The van der Waals surface area contributed by atoms with Crippen molar-refractivity contribution in [3.8, 4) is 0 Å². The Morgan fingerprint density at radius 2 is 2.26 bits per heavy atom. The van der Waals surface area contributed by atoms with E-state index in [0.717, 1.165) is 54.7 Å². The molecule has 1 amide bonds. The lowest BCUT2D eigenvalue weighted by atomic mass is 9.93. The van der Waals surface area contributed by atoms with Gasteiger partial charge in [-0.05, 0) is 44.1 Å². The van der Waals surface area contributed by atoms with Crippen molar-refractivity contribution in [2.45, 2.75) is 63.5 Å². The average molecular weight is 368 g/mol. The van der Waals surface area contributed by atoms with Gasteiger partial charge in [0.1, 0.15) is 11.9 Å². The third-order valence-electron chi connectivity index (χ3n) is 6.18. The first kappa shape index (κ1) is 16.5. The van der Waals surface area contributed by atoms with Crippen molar-refractivity contribution in [1.82, 2.24) is 29.9 Å². The number of aromatic amines is 1. The van der Waals surface area contributed by atoms with E-state index in [0.29, 0.717) is 12.0 Å². The second kappa shape index (κ2) is 6.51. The van der Waals surface area contributed by atoms with Crippen LogP contribution in [0.1, 0.15) is 57.2 Å². The maximum absolute atomic E-state index is 12.2. The Morgan fingerprint density at radius 3 is 3.04 bits per heavy atom. The number of aromatic nitrogens is 5. The molecule has 8 heteroatoms. The lowest BCUT2D eigenvalue weighted by Gasteiger charge is -2.26. The Kier molecular flexibility index (Phi) is 3.98. The summed E-state index contributed by atoms with van der Waals surface area (Å²) in [7, 11) is 0. The molecule has 0 radical (unpaired) electrons. The minimum Gasteiger partial charge on any atom is -0.446 e. The highest BCUT2D eigenvalue weighted by atomic mass is 16.6. The Balaban J connectivity index is 1.40. The van der Waals surface area contributed by atoms with Crippen molar-refractivity contribution in [3.63, 3.8) is 0 Å². The summed E-state index contributed by atoms with van der Waals surface area (Å²) in [6.07, 6.45) is 9.26. The summed E-state index contributed by atoms with van der Waals surface area (Å²) in [6.45, 7) is 2.19. The molecule has 3 heterocycles. The van der Waals surface area contributed by atoms with Crippen LogP contribution in [0.5, 0.6) is 0 Å². The number of rotatable bonds is 4. The van der Waals surface area contributed by atoms with E-state index in [1.54, 1.807) is 6.20 Å². The average Bonchev–Trinajstić information content (AvgIpc) is 3.34. The van der Waals surface area contributed by atoms with E-state index in [-0.39, 0.29) is 18.1 Å². The van der Waals surface area contributed by atoms with E-state index in [9.17, 15) is 4.79 Å². The van der Waals surface area contributed by atoms with Gasteiger partial charge >= 0.3 is 6.09 Å². The molecule has 2 aliphatic rings. The number of alkyl carbamates (subject to hydrolysis) is 1. The zero-order chi connectivity index (χ0) is 18.4. The van der Waals surface area contributed by atoms with Crippen LogP contribution in [0.2, 0.25) is 0 Å². The molecule has 2 fully saturated rings. The van der Waals surface area contributed by atoms with Crippen molar-refractivity contribution in [2.75, 3.05) is 0 Å². The van der Waals surface area contributed by atoms with E-state index in [1.807, 2.05) is 12.3 Å². The van der Waals surface area contributed by atoms with Gasteiger partial charge in [0.25, 0.3) is 0 Å². The SMILES string of the molecule is CC[C@@H]1C[C@@H](OC(=O)NC2CCC2)C[C@@H]1c1nnc2cnc3[nH]ccc3n12. The van der Waals surface area contributed by atoms with Gasteiger partial charge in [-0.25, -0.2) is 9.78 Å². The van der Waals surface area contributed by atoms with Gasteiger partial charge in [-0.1, -0.05) is 13.3 Å². The van der Waals surface area contributed by atoms with Crippen LogP contribution >= 0.6 is 0 Å². The second-order valence-electron chi connectivity index (χ2n) is 7.77. The maximum atomic E-state index is 12.2. The fraction of sp³-hybridized carbons (Fsp3) is 0.579. The van der Waals surface area contributed by atoms with E-state index in [2.05, 4.69) is 36.8 Å². The van der Waals surface area contributed by atoms with Crippen LogP contribution in [0.15, 0.2) is 18.5 Å². The molecule has 2 aliphatic carbocycles. The molecule has 5 rings (SSSR count). The molecule has 3 aromatic heterocycles. The van der Waals surface area contributed by atoms with Crippen LogP contribution < -0.4 is 5.32 Å². The molecule has 2 N–H and O–H groups in total. The predicted molar refractivity (Wildman–Crippen MR) is 99.4 cm³/mol. The molecule has 0 saturated heterocycles. The summed E-state index contributed by atoms with van der Waals surface area (Å²) in [5.74, 6) is 1.57. The highest BCUT2D eigenvalue weighted by Crippen LogP contribution is 2.42. The minimum atomic E-state index is -0.275. The fourth-order valence-electron chi connectivity index (χ4n) is 4.48. The fourth-order valence-corrected chi connectivity index (χ4v) is 4.48. The van der Waals surface area contributed by atoms with Gasteiger partial charge < -0.3 is 15.0 Å². The van der Waals surface area contributed by atoms with E-state index < -0.39 is 0 Å². The number of carbonyl (C=O) groups is 1. The summed E-state index contributed by atoms with van der Waals surface area (Å²) in [5, 5.41) is 11.8. The molecule has 0 spiro atoms. The van der Waals surface area contributed by atoms with Crippen molar-refractivity contribution in [2.24, 2.45) is 5.92 Å². The zero-order valence-electron chi connectivity index (χ0n) is 15.4. The molecular formula is C19H24N6O2. The maximum Gasteiger partial charge on any atom is 0.407 e. The van der Waals surface area contributed by atoms with Crippen molar-refractivity contribution in [1.29, 1.82) is 0 Å². The standard InChI is InChI=1S/C19H24N6O2/c1-2-11-8-13(27-19(26)22-12-4-3-5-12)9-14(11)18-24-23-16-10-21-17-15(25(16)18)6-7-20-17/h6-7,10-14,20H,2-5,8-9H2,1H3,(H,22,26)/t11-,13-,14+/m1/s1. The summed E-state index contributed by atoms with van der Waals surface area (Å²) < 4.78 is 7.82. The van der Waals surface area contributed by atoms with Crippen LogP contribution in [-0.2, 0) is 4.74 Å². The first-order valence-corrected chi connectivity index (χ1v) is 9.87. The molecule has 2 saturated carbocycles. The number of hydrogen-bond acceptors (Lipinski definition) is 5. The van der Waals surface area contributed by atoms with Gasteiger partial charge in [0.2, 0.25) is 0 Å². The zero-order valence-corrected chi connectivity index (χ0v) is 15.4. The normalized spacial score (nSPS) is 25.7. The third kappa shape index (κ3) is 2.83. The van der Waals surface area contributed by atoms with Gasteiger partial charge in [0.05, 0.1) is 11.7 Å². The van der Waals surface area contributed by atoms with Crippen LogP contribution in [0.25, 0.3) is 16.8 Å². The summed E-state index contributed by atoms with van der Waals surface area (Å²) in [4.78, 5) is 19.7. The Hall–Kier alpha value is -2.64. The van der Waals surface area contributed by atoms with Crippen LogP contribution in [0, 0.1) is 5.92 Å². The van der Waals surface area contributed by atoms with Crippen molar-refractivity contribution >= 4 is 22.9 Å². The number of hydrogen-bond donors (Lipinski definition) is 2. The number of ether oxygens (including phenoxy) is 1. The molecule has 0 unspecified atom stereocenters. The molecule has 0 aliphatic heterocycles. The topological polar surface area (TPSA) is 97.2 Å². The predicted octanol–water partition coefficient (Wildman–Crippen LogP) is 3.16. The summed E-state index contributed by atoms with van der Waals surface area (Å²) >= 11 is 0. The number of nitrogens with one attached hydrogen (secondary N) is 2. The monoisotopic (exact) mass is 368 g/mol. The number of amides is 1. The van der Waals surface area contributed by atoms with Crippen LogP contribution in [-0.4, -0.2) is 42.8 Å². The van der Waals surface area contributed by atoms with Gasteiger partial charge in [-0.3, -0.25) is 4.40 Å². The lowest BCUT2D eigenvalue weighted by Crippen LogP contribution is -2.40. The lowest BCUT2D eigenvalue weighted by molar-refractivity contribution is 0.0913. The number of carbonyl (C=O) groups excluding carboxylic acids is 1. The molecule has 0 aromatic carbocycles. The van der Waals surface area contributed by atoms with Gasteiger partial charge in [0, 0.05) is 18.2 Å². The Bertz CT molecular complexity index is 975. The van der Waals surface area contributed by atoms with Crippen LogP contribution in [0.3, 0.4) is 0 Å². The Labute approximate surface area is 156 Å². The molecule has 27 heavy (non-hydrogen) atoms. The highest BCUT2D eigenvalue weighted by Gasteiger charge is 2.39. The first-order valence-electron chi connectivity index (χ1n) is 9.87. The molecular weight excluding hydrogens is 344 g/mol. The van der Waals surface area contributed by atoms with E-state index in [4.69, 9.17) is 4.74 Å². The summed E-state index contributed by atoms with van der Waals surface area (Å²) in [6, 6.07) is 2.30. The quantitative estimate of drug-likeness (QED) is 0.737. The van der Waals surface area contributed by atoms with Gasteiger partial charge in [-0.15, -0.1) is 10.2 Å². The number of H-pyrrole nitrogens is 1. The van der Waals surface area contributed by atoms with Crippen molar-refractivity contribution in [3.05, 3.63) is 24.3 Å². The van der Waals surface area contributed by atoms with E-state index in [1.165, 1.54) is 6.42 Å². The molecule has 3 aromatic rings. The van der Waals surface area contributed by atoms with Crippen molar-refractivity contribution < 1.29 is 9.53 Å². The molecule has 8 nitrogen and oxygen atoms in total. The largest absolute Gasteiger partial charge is 0.446 e. The molecule has 0 bridgehead atoms. The third-order valence-corrected chi connectivity index (χ3v) is 6.18. The number of fused-ring (bicyclic) bond motifs is 3. The molecule has 3 atom stereocenters. The smallest absolute Gasteiger partial charge is 0.407 e. The minimum absolute atomic E-state index is 0.0732. The van der Waals surface area contributed by atoms with Gasteiger partial charge in [-0.2, -0.15) is 0 Å².